The topological polar surface area (TPSA) is 106 Å². The summed E-state index contributed by atoms with van der Waals surface area (Å²) in [6.45, 7) is 1.60. The molecule has 1 aromatic heterocycles. The lowest BCUT2D eigenvalue weighted by Gasteiger charge is -2.19. The van der Waals surface area contributed by atoms with Crippen LogP contribution in [0.25, 0.3) is 0 Å². The maximum absolute atomic E-state index is 12.6. The van der Waals surface area contributed by atoms with Crippen LogP contribution >= 0.6 is 0 Å². The van der Waals surface area contributed by atoms with Crippen molar-refractivity contribution in [3.8, 4) is 0 Å². The molecule has 1 N–H and O–H groups in total. The minimum atomic E-state index is -1.25. The first-order valence-electron chi connectivity index (χ1n) is 6.83. The van der Waals surface area contributed by atoms with E-state index in [4.69, 9.17) is 4.42 Å². The van der Waals surface area contributed by atoms with Crippen molar-refractivity contribution < 1.29 is 18.9 Å². The largest absolute Gasteiger partial charge is 0.466 e. The second-order valence-electron chi connectivity index (χ2n) is 5.35. The summed E-state index contributed by atoms with van der Waals surface area (Å²) in [6, 6.07) is 8.42. The molecule has 0 unspecified atom stereocenters. The number of amides is 3. The Labute approximate surface area is 130 Å². The Morgan fingerprint density at radius 1 is 1.26 bits per heavy atom. The lowest BCUT2D eigenvalue weighted by atomic mass is 9.99. The Hall–Kier alpha value is -3.16. The Morgan fingerprint density at radius 2 is 1.96 bits per heavy atom. The second kappa shape index (κ2) is 5.24. The van der Waals surface area contributed by atoms with Gasteiger partial charge in [-0.1, -0.05) is 12.1 Å². The van der Waals surface area contributed by atoms with Crippen molar-refractivity contribution >= 4 is 17.6 Å². The molecule has 2 heterocycles. The van der Waals surface area contributed by atoms with Crippen molar-refractivity contribution in [1.29, 1.82) is 0 Å². The molecule has 3 rings (SSSR count). The molecule has 1 aromatic carbocycles. The zero-order valence-corrected chi connectivity index (χ0v) is 12.2. The smallest absolute Gasteiger partial charge is 0.325 e. The van der Waals surface area contributed by atoms with Gasteiger partial charge in [0.15, 0.2) is 5.54 Å². The number of hydrogen-bond donors (Lipinski definition) is 1. The molecule has 0 saturated carbocycles. The summed E-state index contributed by atoms with van der Waals surface area (Å²) in [4.78, 5) is 35.9. The molecular formula is C15H13N3O5. The third kappa shape index (κ3) is 2.44. The van der Waals surface area contributed by atoms with Gasteiger partial charge in [-0.2, -0.15) is 0 Å². The van der Waals surface area contributed by atoms with E-state index in [9.17, 15) is 19.7 Å². The van der Waals surface area contributed by atoms with Gasteiger partial charge >= 0.3 is 6.03 Å². The molecule has 0 aliphatic carbocycles. The van der Waals surface area contributed by atoms with Crippen molar-refractivity contribution in [2.24, 2.45) is 0 Å². The van der Waals surface area contributed by atoms with E-state index in [0.717, 1.165) is 4.90 Å². The van der Waals surface area contributed by atoms with Crippen LogP contribution in [0, 0.1) is 10.1 Å². The lowest BCUT2D eigenvalue weighted by molar-refractivity contribution is -0.384. The molecule has 8 nitrogen and oxygen atoms in total. The molecule has 8 heteroatoms. The minimum absolute atomic E-state index is 0.0267. The highest BCUT2D eigenvalue weighted by Crippen LogP contribution is 2.30. The number of benzene rings is 1. The number of imide groups is 1. The maximum Gasteiger partial charge on any atom is 0.325 e. The van der Waals surface area contributed by atoms with Gasteiger partial charge in [-0.15, -0.1) is 0 Å². The fourth-order valence-corrected chi connectivity index (χ4v) is 2.48. The van der Waals surface area contributed by atoms with E-state index >= 15 is 0 Å². The quantitative estimate of drug-likeness (QED) is 0.528. The van der Waals surface area contributed by atoms with E-state index in [1.165, 1.54) is 30.5 Å². The lowest BCUT2D eigenvalue weighted by Crippen LogP contribution is -2.40. The monoisotopic (exact) mass is 315 g/mol. The molecule has 1 atom stereocenters. The number of carbonyl (C=O) groups is 2. The summed E-state index contributed by atoms with van der Waals surface area (Å²) < 4.78 is 5.24. The highest BCUT2D eigenvalue weighted by atomic mass is 16.6. The maximum atomic E-state index is 12.6. The van der Waals surface area contributed by atoms with Crippen molar-refractivity contribution in [1.82, 2.24) is 10.2 Å². The minimum Gasteiger partial charge on any atom is -0.466 e. The number of rotatable bonds is 4. The van der Waals surface area contributed by atoms with Crippen molar-refractivity contribution in [3.63, 3.8) is 0 Å². The molecular weight excluding hydrogens is 302 g/mol. The van der Waals surface area contributed by atoms with E-state index in [1.807, 2.05) is 0 Å². The van der Waals surface area contributed by atoms with E-state index in [0.29, 0.717) is 11.3 Å². The van der Waals surface area contributed by atoms with Gasteiger partial charge in [0.05, 0.1) is 17.7 Å². The van der Waals surface area contributed by atoms with Crippen LogP contribution < -0.4 is 5.32 Å². The SMILES string of the molecule is C[C@@]1(c2ccco2)NC(=O)N(Cc2ccc([N+](=O)[O-])cc2)C1=O. The number of urea groups is 1. The number of carbonyl (C=O) groups excluding carboxylic acids is 2. The highest BCUT2D eigenvalue weighted by molar-refractivity contribution is 6.06. The van der Waals surface area contributed by atoms with Crippen LogP contribution in [-0.4, -0.2) is 21.8 Å². The third-order valence-electron chi connectivity index (χ3n) is 3.78. The van der Waals surface area contributed by atoms with Crippen molar-refractivity contribution in [2.45, 2.75) is 19.0 Å². The third-order valence-corrected chi connectivity index (χ3v) is 3.78. The van der Waals surface area contributed by atoms with E-state index in [2.05, 4.69) is 5.32 Å². The van der Waals surface area contributed by atoms with Crippen molar-refractivity contribution in [3.05, 3.63) is 64.1 Å². The van der Waals surface area contributed by atoms with Crippen LogP contribution in [0.4, 0.5) is 10.5 Å². The van der Waals surface area contributed by atoms with Crippen LogP contribution in [0.2, 0.25) is 0 Å². The summed E-state index contributed by atoms with van der Waals surface area (Å²) in [6.07, 6.45) is 1.43. The van der Waals surface area contributed by atoms with Gasteiger partial charge < -0.3 is 9.73 Å². The highest BCUT2D eigenvalue weighted by Gasteiger charge is 2.50. The first-order chi connectivity index (χ1) is 10.9. The van der Waals surface area contributed by atoms with Crippen LogP contribution in [0.3, 0.4) is 0 Å². The van der Waals surface area contributed by atoms with Crippen LogP contribution in [-0.2, 0) is 16.9 Å². The predicted molar refractivity (Wildman–Crippen MR) is 78.2 cm³/mol. The van der Waals surface area contributed by atoms with Crippen LogP contribution in [0.15, 0.2) is 47.1 Å². The number of furan rings is 1. The van der Waals surface area contributed by atoms with Crippen LogP contribution in [0.1, 0.15) is 18.2 Å². The van der Waals surface area contributed by atoms with Gasteiger partial charge in [0.1, 0.15) is 5.76 Å². The van der Waals surface area contributed by atoms with Gasteiger partial charge in [-0.25, -0.2) is 4.79 Å². The summed E-state index contributed by atoms with van der Waals surface area (Å²) in [5.74, 6) is -0.0853. The zero-order chi connectivity index (χ0) is 16.6. The number of hydrogen-bond acceptors (Lipinski definition) is 5. The second-order valence-corrected chi connectivity index (χ2v) is 5.35. The first-order valence-corrected chi connectivity index (χ1v) is 6.83. The van der Waals surface area contributed by atoms with Gasteiger partial charge in [-0.3, -0.25) is 19.8 Å². The fourth-order valence-electron chi connectivity index (χ4n) is 2.48. The fraction of sp³-hybridized carbons (Fsp3) is 0.200. The predicted octanol–water partition coefficient (Wildman–Crippen LogP) is 2.16. The molecule has 118 valence electrons. The van der Waals surface area contributed by atoms with E-state index < -0.39 is 22.4 Å². The first kappa shape index (κ1) is 14.8. The summed E-state index contributed by atoms with van der Waals surface area (Å²) in [7, 11) is 0. The Balaban J connectivity index is 1.82. The molecule has 2 aromatic rings. The Morgan fingerprint density at radius 3 is 2.52 bits per heavy atom. The standard InChI is InChI=1S/C15H13N3O5/c1-15(12-3-2-8-23-12)13(19)17(14(20)16-15)9-10-4-6-11(7-5-10)18(21)22/h2-8H,9H2,1H3,(H,16,20)/t15-/m0/s1. The summed E-state index contributed by atoms with van der Waals surface area (Å²) >= 11 is 0. The zero-order valence-electron chi connectivity index (χ0n) is 12.2. The number of nitro groups is 1. The Bertz CT molecular complexity index is 769. The molecule has 1 saturated heterocycles. The molecule has 0 radical (unpaired) electrons. The average Bonchev–Trinajstić information content (AvgIpc) is 3.12. The molecule has 1 fully saturated rings. The molecule has 3 amide bonds. The molecule has 0 spiro atoms. The van der Waals surface area contributed by atoms with E-state index in [1.54, 1.807) is 19.1 Å². The van der Waals surface area contributed by atoms with Gasteiger partial charge in [0, 0.05) is 12.1 Å². The Kier molecular flexibility index (Phi) is 3.36. The molecule has 0 bridgehead atoms. The van der Waals surface area contributed by atoms with Gasteiger partial charge in [0.25, 0.3) is 11.6 Å². The van der Waals surface area contributed by atoms with Gasteiger partial charge in [0.2, 0.25) is 0 Å². The average molecular weight is 315 g/mol. The molecule has 1 aliphatic heterocycles. The van der Waals surface area contributed by atoms with Crippen molar-refractivity contribution in [2.75, 3.05) is 0 Å². The summed E-state index contributed by atoms with van der Waals surface area (Å²) in [5, 5.41) is 13.3. The molecule has 1 aliphatic rings. The van der Waals surface area contributed by atoms with Crippen LogP contribution in [0.5, 0.6) is 0 Å². The number of nitrogens with zero attached hydrogens (tertiary/aromatic N) is 2. The number of nitrogens with one attached hydrogen (secondary N) is 1. The number of nitro benzene ring substituents is 1. The van der Waals surface area contributed by atoms with Gasteiger partial charge in [-0.05, 0) is 24.6 Å². The normalized spacial score (nSPS) is 20.7. The van der Waals surface area contributed by atoms with E-state index in [-0.39, 0.29) is 12.2 Å². The molecule has 23 heavy (non-hydrogen) atoms. The summed E-state index contributed by atoms with van der Waals surface area (Å²) in [5.41, 5.74) is -0.685. The number of non-ortho nitro benzene ring substituents is 1.